The third-order valence-corrected chi connectivity index (χ3v) is 5.58. The highest BCUT2D eigenvalue weighted by atomic mass is 19.4. The Bertz CT molecular complexity index is 712. The number of likely N-dealkylation sites (tertiary alicyclic amines) is 1. The van der Waals surface area contributed by atoms with E-state index in [-0.39, 0.29) is 12.0 Å². The molecule has 2 N–H and O–H groups in total. The summed E-state index contributed by atoms with van der Waals surface area (Å²) in [6.45, 7) is 5.15. The van der Waals surface area contributed by atoms with Gasteiger partial charge in [-0.1, -0.05) is 12.1 Å². The number of halogens is 3. The third-order valence-electron chi connectivity index (χ3n) is 5.58. The predicted molar refractivity (Wildman–Crippen MR) is 113 cm³/mol. The Morgan fingerprint density at radius 3 is 2.73 bits per heavy atom. The molecule has 1 aromatic rings. The molecule has 0 bridgehead atoms. The summed E-state index contributed by atoms with van der Waals surface area (Å²) in [7, 11) is 1.68. The van der Waals surface area contributed by atoms with Gasteiger partial charge in [0.2, 0.25) is 0 Å². The molecule has 1 aromatic carbocycles. The number of ether oxygens (including phenoxy) is 1. The van der Waals surface area contributed by atoms with Gasteiger partial charge >= 0.3 is 6.18 Å². The van der Waals surface area contributed by atoms with Gasteiger partial charge in [0.25, 0.3) is 0 Å². The fraction of sp³-hybridized carbons (Fsp3) is 0.667. The highest BCUT2D eigenvalue weighted by Crippen LogP contribution is 2.30. The Morgan fingerprint density at radius 1 is 1.20 bits per heavy atom. The van der Waals surface area contributed by atoms with Gasteiger partial charge in [-0.25, -0.2) is 0 Å². The van der Waals surface area contributed by atoms with Crippen molar-refractivity contribution >= 4 is 11.6 Å². The van der Waals surface area contributed by atoms with Gasteiger partial charge in [-0.2, -0.15) is 13.2 Å². The van der Waals surface area contributed by atoms with Gasteiger partial charge in [-0.05, 0) is 44.4 Å². The molecule has 2 heterocycles. The van der Waals surface area contributed by atoms with Crippen molar-refractivity contribution in [3.8, 4) is 5.75 Å². The van der Waals surface area contributed by atoms with Crippen LogP contribution in [0.2, 0.25) is 0 Å². The largest absolute Gasteiger partial charge is 0.495 e. The van der Waals surface area contributed by atoms with E-state index >= 15 is 0 Å². The number of nitrogens with one attached hydrogen (secondary N) is 2. The van der Waals surface area contributed by atoms with E-state index in [1.165, 1.54) is 4.90 Å². The van der Waals surface area contributed by atoms with Crippen LogP contribution in [0.5, 0.6) is 5.75 Å². The van der Waals surface area contributed by atoms with Gasteiger partial charge in [-0.3, -0.25) is 9.89 Å². The molecule has 0 radical (unpaired) electrons. The van der Waals surface area contributed by atoms with Crippen LogP contribution in [0.4, 0.5) is 18.9 Å². The number of anilines is 1. The minimum absolute atomic E-state index is 0.163. The lowest BCUT2D eigenvalue weighted by Gasteiger charge is -2.22. The monoisotopic (exact) mass is 427 g/mol. The van der Waals surface area contributed by atoms with Gasteiger partial charge in [-0.15, -0.1) is 0 Å². The van der Waals surface area contributed by atoms with E-state index in [1.807, 2.05) is 25.1 Å². The molecule has 168 valence electrons. The summed E-state index contributed by atoms with van der Waals surface area (Å²) in [6, 6.07) is 8.24. The highest BCUT2D eigenvalue weighted by molar-refractivity contribution is 5.80. The van der Waals surface area contributed by atoms with Crippen LogP contribution < -0.4 is 20.3 Å². The molecule has 0 amide bonds. The minimum atomic E-state index is -4.13. The van der Waals surface area contributed by atoms with E-state index in [0.29, 0.717) is 19.6 Å². The van der Waals surface area contributed by atoms with Crippen molar-refractivity contribution in [2.75, 3.05) is 57.8 Å². The highest BCUT2D eigenvalue weighted by Gasteiger charge is 2.34. The molecule has 9 heteroatoms. The van der Waals surface area contributed by atoms with Crippen LogP contribution in [-0.2, 0) is 0 Å². The summed E-state index contributed by atoms with van der Waals surface area (Å²) >= 11 is 0. The van der Waals surface area contributed by atoms with Crippen LogP contribution >= 0.6 is 0 Å². The molecular formula is C21H32F3N5O. The summed E-state index contributed by atoms with van der Waals surface area (Å²) in [5, 5.41) is 6.75. The number of benzene rings is 1. The van der Waals surface area contributed by atoms with Crippen molar-refractivity contribution in [3.05, 3.63) is 24.3 Å². The number of nitrogens with zero attached hydrogens (tertiary/aromatic N) is 3. The second-order valence-corrected chi connectivity index (χ2v) is 7.97. The second kappa shape index (κ2) is 10.2. The van der Waals surface area contributed by atoms with Crippen LogP contribution in [0.1, 0.15) is 19.8 Å². The molecule has 2 aliphatic rings. The Balaban J connectivity index is 1.52. The van der Waals surface area contributed by atoms with Crippen LogP contribution in [0.25, 0.3) is 0 Å². The molecule has 2 aliphatic heterocycles. The number of hydrogen-bond donors (Lipinski definition) is 2. The maximum absolute atomic E-state index is 12.6. The average Bonchev–Trinajstić information content (AvgIpc) is 3.34. The number of aliphatic imine (C=N–C) groups is 1. The SMILES string of the molecule is CCNC(=NCC1CCN(CC(F)(F)F)C1)NC1CCN(c2ccccc2OC)C1. The maximum Gasteiger partial charge on any atom is 0.401 e. The first kappa shape index (κ1) is 22.5. The van der Waals surface area contributed by atoms with Crippen LogP contribution in [0.3, 0.4) is 0 Å². The van der Waals surface area contributed by atoms with Gasteiger partial charge in [0.05, 0.1) is 19.3 Å². The van der Waals surface area contributed by atoms with E-state index in [2.05, 4.69) is 26.6 Å². The van der Waals surface area contributed by atoms with Crippen molar-refractivity contribution in [2.24, 2.45) is 10.9 Å². The molecule has 2 fully saturated rings. The first-order valence-corrected chi connectivity index (χ1v) is 10.6. The van der Waals surface area contributed by atoms with Gasteiger partial charge in [0.1, 0.15) is 5.75 Å². The van der Waals surface area contributed by atoms with Gasteiger partial charge in [0.15, 0.2) is 5.96 Å². The number of rotatable bonds is 7. The fourth-order valence-electron chi connectivity index (χ4n) is 4.18. The van der Waals surface area contributed by atoms with Crippen LogP contribution in [-0.4, -0.2) is 76.0 Å². The lowest BCUT2D eigenvalue weighted by Crippen LogP contribution is -2.45. The molecule has 2 atom stereocenters. The van der Waals surface area contributed by atoms with Gasteiger partial charge in [0, 0.05) is 38.8 Å². The lowest BCUT2D eigenvalue weighted by atomic mass is 10.1. The Morgan fingerprint density at radius 2 is 2.00 bits per heavy atom. The molecule has 2 saturated heterocycles. The zero-order chi connectivity index (χ0) is 21.6. The van der Waals surface area contributed by atoms with Crippen molar-refractivity contribution in [2.45, 2.75) is 32.0 Å². The molecule has 0 aliphatic carbocycles. The van der Waals surface area contributed by atoms with E-state index in [9.17, 15) is 13.2 Å². The molecular weight excluding hydrogens is 395 g/mol. The van der Waals surface area contributed by atoms with Crippen molar-refractivity contribution in [1.29, 1.82) is 0 Å². The van der Waals surface area contributed by atoms with E-state index in [0.717, 1.165) is 49.9 Å². The quantitative estimate of drug-likeness (QED) is 0.518. The summed E-state index contributed by atoms with van der Waals surface area (Å²) < 4.78 is 43.2. The zero-order valence-electron chi connectivity index (χ0n) is 17.7. The van der Waals surface area contributed by atoms with E-state index < -0.39 is 12.7 Å². The molecule has 2 unspecified atom stereocenters. The van der Waals surface area contributed by atoms with E-state index in [1.54, 1.807) is 7.11 Å². The minimum Gasteiger partial charge on any atom is -0.495 e. The van der Waals surface area contributed by atoms with E-state index in [4.69, 9.17) is 4.74 Å². The Labute approximate surface area is 176 Å². The van der Waals surface area contributed by atoms with Crippen molar-refractivity contribution in [1.82, 2.24) is 15.5 Å². The normalized spacial score (nSPS) is 23.1. The first-order chi connectivity index (χ1) is 14.4. The van der Waals surface area contributed by atoms with Crippen molar-refractivity contribution in [3.63, 3.8) is 0 Å². The topological polar surface area (TPSA) is 52.1 Å². The maximum atomic E-state index is 12.6. The van der Waals surface area contributed by atoms with Crippen LogP contribution in [0.15, 0.2) is 29.3 Å². The number of methoxy groups -OCH3 is 1. The third kappa shape index (κ3) is 6.42. The van der Waals surface area contributed by atoms with Crippen molar-refractivity contribution < 1.29 is 17.9 Å². The lowest BCUT2D eigenvalue weighted by molar-refractivity contribution is -0.143. The molecule has 3 rings (SSSR count). The molecule has 6 nitrogen and oxygen atoms in total. The first-order valence-electron chi connectivity index (χ1n) is 10.6. The zero-order valence-corrected chi connectivity index (χ0v) is 17.7. The Hall–Kier alpha value is -2.16. The number of hydrogen-bond acceptors (Lipinski definition) is 4. The summed E-state index contributed by atoms with van der Waals surface area (Å²) in [4.78, 5) is 8.44. The summed E-state index contributed by atoms with van der Waals surface area (Å²) in [5.41, 5.74) is 1.09. The fourth-order valence-corrected chi connectivity index (χ4v) is 4.18. The average molecular weight is 428 g/mol. The molecule has 0 saturated carbocycles. The summed E-state index contributed by atoms with van der Waals surface area (Å²) in [5.74, 6) is 1.76. The summed E-state index contributed by atoms with van der Waals surface area (Å²) in [6.07, 6.45) is -2.40. The number of para-hydroxylation sites is 2. The number of alkyl halides is 3. The Kier molecular flexibility index (Phi) is 7.69. The number of guanidine groups is 1. The smallest absolute Gasteiger partial charge is 0.401 e. The molecule has 0 spiro atoms. The van der Waals surface area contributed by atoms with Crippen LogP contribution in [0, 0.1) is 5.92 Å². The molecule has 30 heavy (non-hydrogen) atoms. The van der Waals surface area contributed by atoms with Gasteiger partial charge < -0.3 is 20.3 Å². The second-order valence-electron chi connectivity index (χ2n) is 7.97. The predicted octanol–water partition coefficient (Wildman–Crippen LogP) is 2.71. The molecule has 0 aromatic heterocycles. The standard InChI is InChI=1S/C21H32F3N5O/c1-3-25-20(26-12-16-8-10-28(13-16)15-21(22,23)24)27-17-9-11-29(14-17)18-6-4-5-7-19(18)30-2/h4-7,16-17H,3,8-15H2,1-2H3,(H2,25,26,27).